The third-order valence-electron chi connectivity index (χ3n) is 3.19. The Morgan fingerprint density at radius 1 is 1.00 bits per heavy atom. The first-order valence-electron chi connectivity index (χ1n) is 6.28. The van der Waals surface area contributed by atoms with Gasteiger partial charge in [0.2, 0.25) is 0 Å². The van der Waals surface area contributed by atoms with Crippen molar-refractivity contribution in [1.82, 2.24) is 0 Å². The van der Waals surface area contributed by atoms with E-state index in [2.05, 4.69) is 0 Å². The predicted molar refractivity (Wildman–Crippen MR) is 75.9 cm³/mol. The highest BCUT2D eigenvalue weighted by Crippen LogP contribution is 2.24. The van der Waals surface area contributed by atoms with Crippen LogP contribution in [0.25, 0.3) is 11.1 Å². The molecular formula is C16H17NO2. The standard InChI is InChI=1S/C16H17NO2/c17-11-15(10-16(18)19)14-8-6-13(7-9-14)12-4-2-1-3-5-12/h1-9,15H,10-11,17H2,(H,18,19). The number of hydrogen-bond donors (Lipinski definition) is 2. The van der Waals surface area contributed by atoms with Crippen LogP contribution in [0.3, 0.4) is 0 Å². The van der Waals surface area contributed by atoms with Crippen molar-refractivity contribution < 1.29 is 9.90 Å². The molecule has 0 heterocycles. The van der Waals surface area contributed by atoms with Crippen LogP contribution in [0.5, 0.6) is 0 Å². The number of carboxylic acids is 1. The van der Waals surface area contributed by atoms with E-state index >= 15 is 0 Å². The van der Waals surface area contributed by atoms with Crippen molar-refractivity contribution in [3.8, 4) is 11.1 Å². The van der Waals surface area contributed by atoms with Crippen LogP contribution in [0.4, 0.5) is 0 Å². The van der Waals surface area contributed by atoms with E-state index in [0.717, 1.165) is 16.7 Å². The van der Waals surface area contributed by atoms with Gasteiger partial charge < -0.3 is 10.8 Å². The Morgan fingerprint density at radius 3 is 2.11 bits per heavy atom. The molecule has 0 saturated heterocycles. The van der Waals surface area contributed by atoms with Gasteiger partial charge in [0.15, 0.2) is 0 Å². The highest BCUT2D eigenvalue weighted by atomic mass is 16.4. The molecule has 2 rings (SSSR count). The second kappa shape index (κ2) is 6.16. The molecule has 19 heavy (non-hydrogen) atoms. The lowest BCUT2D eigenvalue weighted by Gasteiger charge is -2.13. The minimum atomic E-state index is -0.817. The third-order valence-corrected chi connectivity index (χ3v) is 3.19. The van der Waals surface area contributed by atoms with Gasteiger partial charge in [-0.05, 0) is 23.2 Å². The summed E-state index contributed by atoms with van der Waals surface area (Å²) >= 11 is 0. The summed E-state index contributed by atoms with van der Waals surface area (Å²) in [6, 6.07) is 18.0. The quantitative estimate of drug-likeness (QED) is 0.863. The Morgan fingerprint density at radius 2 is 1.58 bits per heavy atom. The molecule has 98 valence electrons. The Bertz CT molecular complexity index is 534. The first-order valence-corrected chi connectivity index (χ1v) is 6.28. The lowest BCUT2D eigenvalue weighted by molar-refractivity contribution is -0.137. The molecule has 0 amide bonds. The second-order valence-corrected chi connectivity index (χ2v) is 4.52. The molecule has 0 bridgehead atoms. The first kappa shape index (κ1) is 13.3. The number of rotatable bonds is 5. The Kier molecular flexibility index (Phi) is 4.31. The fourth-order valence-electron chi connectivity index (χ4n) is 2.13. The van der Waals surface area contributed by atoms with E-state index in [1.165, 1.54) is 0 Å². The summed E-state index contributed by atoms with van der Waals surface area (Å²) in [6.07, 6.45) is 0.0706. The Balaban J connectivity index is 2.20. The van der Waals surface area contributed by atoms with Crippen LogP contribution < -0.4 is 5.73 Å². The van der Waals surface area contributed by atoms with Crippen LogP contribution in [-0.4, -0.2) is 17.6 Å². The van der Waals surface area contributed by atoms with Gasteiger partial charge in [0.25, 0.3) is 0 Å². The monoisotopic (exact) mass is 255 g/mol. The Hall–Kier alpha value is -2.13. The number of hydrogen-bond acceptors (Lipinski definition) is 2. The van der Waals surface area contributed by atoms with Gasteiger partial charge in [-0.15, -0.1) is 0 Å². The minimum absolute atomic E-state index is 0.0706. The van der Waals surface area contributed by atoms with Crippen molar-refractivity contribution in [1.29, 1.82) is 0 Å². The van der Waals surface area contributed by atoms with Gasteiger partial charge in [0.1, 0.15) is 0 Å². The van der Waals surface area contributed by atoms with Gasteiger partial charge in [-0.1, -0.05) is 54.6 Å². The molecule has 2 aromatic carbocycles. The molecule has 0 aliphatic carbocycles. The van der Waals surface area contributed by atoms with Crippen molar-refractivity contribution in [3.05, 3.63) is 60.2 Å². The summed E-state index contributed by atoms with van der Waals surface area (Å²) in [5.41, 5.74) is 8.89. The molecule has 0 aliphatic rings. The maximum absolute atomic E-state index is 10.8. The maximum Gasteiger partial charge on any atom is 0.304 e. The van der Waals surface area contributed by atoms with Crippen molar-refractivity contribution >= 4 is 5.97 Å². The van der Waals surface area contributed by atoms with Gasteiger partial charge in [-0.25, -0.2) is 0 Å². The summed E-state index contributed by atoms with van der Waals surface area (Å²) in [5, 5.41) is 8.85. The first-order chi connectivity index (χ1) is 9.20. The second-order valence-electron chi connectivity index (χ2n) is 4.52. The summed E-state index contributed by atoms with van der Waals surface area (Å²) in [4.78, 5) is 10.8. The zero-order valence-electron chi connectivity index (χ0n) is 10.6. The van der Waals surface area contributed by atoms with E-state index in [1.54, 1.807) is 0 Å². The average Bonchev–Trinajstić information content (AvgIpc) is 2.46. The van der Waals surface area contributed by atoms with Gasteiger partial charge >= 0.3 is 5.97 Å². The number of carboxylic acid groups (broad SMARTS) is 1. The topological polar surface area (TPSA) is 63.3 Å². The number of carbonyl (C=O) groups is 1. The van der Waals surface area contributed by atoms with Crippen LogP contribution >= 0.6 is 0 Å². The molecule has 0 saturated carbocycles. The maximum atomic E-state index is 10.8. The zero-order valence-corrected chi connectivity index (χ0v) is 10.6. The van der Waals surface area contributed by atoms with E-state index < -0.39 is 5.97 Å². The highest BCUT2D eigenvalue weighted by molar-refractivity contribution is 5.68. The van der Waals surface area contributed by atoms with E-state index in [4.69, 9.17) is 10.8 Å². The molecule has 0 aromatic heterocycles. The summed E-state index contributed by atoms with van der Waals surface area (Å²) in [6.45, 7) is 0.344. The average molecular weight is 255 g/mol. The Labute approximate surface area is 112 Å². The normalized spacial score (nSPS) is 12.1. The number of aliphatic carboxylic acids is 1. The van der Waals surface area contributed by atoms with E-state index in [-0.39, 0.29) is 12.3 Å². The molecular weight excluding hydrogens is 238 g/mol. The fraction of sp³-hybridized carbons (Fsp3) is 0.188. The van der Waals surface area contributed by atoms with Gasteiger partial charge in [0, 0.05) is 5.92 Å². The minimum Gasteiger partial charge on any atom is -0.481 e. The third kappa shape index (κ3) is 3.42. The highest BCUT2D eigenvalue weighted by Gasteiger charge is 2.13. The van der Waals surface area contributed by atoms with Gasteiger partial charge in [-0.3, -0.25) is 4.79 Å². The molecule has 0 spiro atoms. The van der Waals surface area contributed by atoms with Gasteiger partial charge in [0.05, 0.1) is 6.42 Å². The van der Waals surface area contributed by atoms with Crippen LogP contribution in [0.1, 0.15) is 17.9 Å². The SMILES string of the molecule is NCC(CC(=O)O)c1ccc(-c2ccccc2)cc1. The molecule has 1 unspecified atom stereocenters. The van der Waals surface area contributed by atoms with E-state index in [0.29, 0.717) is 6.54 Å². The summed E-state index contributed by atoms with van der Waals surface area (Å²) in [5.74, 6) is -0.940. The molecule has 2 aromatic rings. The van der Waals surface area contributed by atoms with Crippen molar-refractivity contribution in [2.75, 3.05) is 6.54 Å². The molecule has 3 nitrogen and oxygen atoms in total. The lowest BCUT2D eigenvalue weighted by Crippen LogP contribution is -2.16. The van der Waals surface area contributed by atoms with Crippen LogP contribution in [0.15, 0.2) is 54.6 Å². The molecule has 3 heteroatoms. The predicted octanol–water partition coefficient (Wildman–Crippen LogP) is 2.87. The molecule has 3 N–H and O–H groups in total. The summed E-state index contributed by atoms with van der Waals surface area (Å²) < 4.78 is 0. The van der Waals surface area contributed by atoms with E-state index in [9.17, 15) is 4.79 Å². The van der Waals surface area contributed by atoms with Crippen molar-refractivity contribution in [2.24, 2.45) is 5.73 Å². The van der Waals surface area contributed by atoms with Crippen LogP contribution in [-0.2, 0) is 4.79 Å². The van der Waals surface area contributed by atoms with Crippen molar-refractivity contribution in [2.45, 2.75) is 12.3 Å². The zero-order chi connectivity index (χ0) is 13.7. The molecule has 0 radical (unpaired) electrons. The number of nitrogens with two attached hydrogens (primary N) is 1. The van der Waals surface area contributed by atoms with Gasteiger partial charge in [-0.2, -0.15) is 0 Å². The molecule has 1 atom stereocenters. The summed E-state index contributed by atoms with van der Waals surface area (Å²) in [7, 11) is 0. The van der Waals surface area contributed by atoms with Crippen LogP contribution in [0.2, 0.25) is 0 Å². The molecule has 0 fully saturated rings. The number of benzene rings is 2. The van der Waals surface area contributed by atoms with E-state index in [1.807, 2.05) is 54.6 Å². The van der Waals surface area contributed by atoms with Crippen molar-refractivity contribution in [3.63, 3.8) is 0 Å². The van der Waals surface area contributed by atoms with Crippen LogP contribution in [0, 0.1) is 0 Å². The largest absolute Gasteiger partial charge is 0.481 e. The lowest BCUT2D eigenvalue weighted by atomic mass is 9.94. The fourth-order valence-corrected chi connectivity index (χ4v) is 2.13. The molecule has 0 aliphatic heterocycles. The smallest absolute Gasteiger partial charge is 0.304 e.